The van der Waals surface area contributed by atoms with Crippen LogP contribution in [-0.4, -0.2) is 31.8 Å². The number of anilines is 1. The number of fused-ring (bicyclic) bond motifs is 2. The van der Waals surface area contributed by atoms with Gasteiger partial charge in [-0.05, 0) is 70.2 Å². The second-order valence-corrected chi connectivity index (χ2v) is 7.67. The highest BCUT2D eigenvalue weighted by Gasteiger charge is 2.41. The quantitative estimate of drug-likeness (QED) is 0.788. The van der Waals surface area contributed by atoms with E-state index in [1.807, 2.05) is 0 Å². The van der Waals surface area contributed by atoms with Gasteiger partial charge in [-0.15, -0.1) is 0 Å². The van der Waals surface area contributed by atoms with E-state index in [1.165, 1.54) is 31.4 Å². The highest BCUT2D eigenvalue weighted by Crippen LogP contribution is 2.45. The lowest BCUT2D eigenvalue weighted by atomic mass is 9.96. The third kappa shape index (κ3) is 2.97. The molecule has 2 atom stereocenters. The SMILES string of the molecule is CCNC1CC2CCC(C1)N2c1cc(OC)c(Br)cc1Br. The summed E-state index contributed by atoms with van der Waals surface area (Å²) in [5, 5.41) is 3.63. The maximum absolute atomic E-state index is 5.48. The van der Waals surface area contributed by atoms with Crippen LogP contribution in [0, 0.1) is 0 Å². The summed E-state index contributed by atoms with van der Waals surface area (Å²) in [5.74, 6) is 0.904. The summed E-state index contributed by atoms with van der Waals surface area (Å²) in [5.41, 5.74) is 1.28. The van der Waals surface area contributed by atoms with Crippen LogP contribution in [0.15, 0.2) is 21.1 Å². The Morgan fingerprint density at radius 2 is 1.86 bits per heavy atom. The molecule has 1 aromatic rings. The van der Waals surface area contributed by atoms with E-state index in [-0.39, 0.29) is 0 Å². The van der Waals surface area contributed by atoms with E-state index in [0.29, 0.717) is 18.1 Å². The van der Waals surface area contributed by atoms with Gasteiger partial charge in [0, 0.05) is 28.7 Å². The Bertz CT molecular complexity index is 509. The number of hydrogen-bond acceptors (Lipinski definition) is 3. The van der Waals surface area contributed by atoms with E-state index in [4.69, 9.17) is 4.74 Å². The van der Waals surface area contributed by atoms with Crippen LogP contribution in [0.2, 0.25) is 0 Å². The van der Waals surface area contributed by atoms with Crippen LogP contribution in [0.5, 0.6) is 5.75 Å². The molecule has 116 valence electrons. The molecule has 21 heavy (non-hydrogen) atoms. The zero-order chi connectivity index (χ0) is 15.0. The maximum Gasteiger partial charge on any atom is 0.135 e. The first-order chi connectivity index (χ1) is 10.1. The summed E-state index contributed by atoms with van der Waals surface area (Å²) >= 11 is 7.29. The first-order valence-corrected chi connectivity index (χ1v) is 9.27. The van der Waals surface area contributed by atoms with Crippen molar-refractivity contribution in [3.05, 3.63) is 21.1 Å². The van der Waals surface area contributed by atoms with E-state index in [0.717, 1.165) is 21.2 Å². The average molecular weight is 418 g/mol. The molecule has 2 aliphatic rings. The van der Waals surface area contributed by atoms with Crippen molar-refractivity contribution >= 4 is 37.5 Å². The summed E-state index contributed by atoms with van der Waals surface area (Å²) < 4.78 is 7.62. The molecular formula is C16H22Br2N2O. The molecule has 0 radical (unpaired) electrons. The van der Waals surface area contributed by atoms with E-state index >= 15 is 0 Å². The number of piperidine rings is 1. The minimum Gasteiger partial charge on any atom is -0.495 e. The van der Waals surface area contributed by atoms with Gasteiger partial charge in [-0.2, -0.15) is 0 Å². The van der Waals surface area contributed by atoms with Crippen molar-refractivity contribution in [3.63, 3.8) is 0 Å². The summed E-state index contributed by atoms with van der Waals surface area (Å²) in [4.78, 5) is 2.62. The first kappa shape index (κ1) is 15.6. The van der Waals surface area contributed by atoms with Crippen molar-refractivity contribution in [2.24, 2.45) is 0 Å². The molecule has 3 nitrogen and oxygen atoms in total. The van der Waals surface area contributed by atoms with Crippen molar-refractivity contribution in [2.75, 3.05) is 18.6 Å². The molecule has 0 spiro atoms. The van der Waals surface area contributed by atoms with E-state index in [9.17, 15) is 0 Å². The Labute approximate surface area is 143 Å². The van der Waals surface area contributed by atoms with Gasteiger partial charge in [0.25, 0.3) is 0 Å². The molecule has 0 amide bonds. The van der Waals surface area contributed by atoms with E-state index < -0.39 is 0 Å². The highest BCUT2D eigenvalue weighted by molar-refractivity contribution is 9.11. The molecule has 2 fully saturated rings. The van der Waals surface area contributed by atoms with Crippen molar-refractivity contribution in [1.29, 1.82) is 0 Å². The Kier molecular flexibility index (Phi) is 4.81. The standard InChI is InChI=1S/C16H22Br2N2O/c1-3-19-10-6-11-4-5-12(7-10)20(11)15-9-16(21-2)14(18)8-13(15)17/h8-12,19H,3-7H2,1-2H3. The predicted octanol–water partition coefficient (Wildman–Crippen LogP) is 4.33. The van der Waals surface area contributed by atoms with Gasteiger partial charge >= 0.3 is 0 Å². The fourth-order valence-electron chi connectivity index (χ4n) is 3.90. The van der Waals surface area contributed by atoms with E-state index in [1.54, 1.807) is 7.11 Å². The molecule has 3 rings (SSSR count). The Balaban J connectivity index is 1.88. The van der Waals surface area contributed by atoms with Crippen LogP contribution in [-0.2, 0) is 0 Å². The van der Waals surface area contributed by atoms with Crippen LogP contribution in [0.4, 0.5) is 5.69 Å². The minimum absolute atomic E-state index is 0.648. The Hall–Kier alpha value is -0.260. The summed E-state index contributed by atoms with van der Waals surface area (Å²) in [6.07, 6.45) is 5.10. The average Bonchev–Trinajstić information content (AvgIpc) is 2.71. The van der Waals surface area contributed by atoms with Crippen LogP contribution < -0.4 is 15.0 Å². The monoisotopic (exact) mass is 416 g/mol. The van der Waals surface area contributed by atoms with Gasteiger partial charge in [-0.1, -0.05) is 6.92 Å². The van der Waals surface area contributed by atoms with Crippen LogP contribution in [0.3, 0.4) is 0 Å². The fraction of sp³-hybridized carbons (Fsp3) is 0.625. The summed E-state index contributed by atoms with van der Waals surface area (Å²) in [7, 11) is 1.73. The molecule has 0 aromatic heterocycles. The second-order valence-electron chi connectivity index (χ2n) is 5.96. The van der Waals surface area contributed by atoms with Gasteiger partial charge in [0.05, 0.1) is 17.3 Å². The minimum atomic E-state index is 0.648. The molecule has 0 aliphatic carbocycles. The molecule has 2 heterocycles. The number of nitrogens with one attached hydrogen (secondary N) is 1. The van der Waals surface area contributed by atoms with Gasteiger partial charge in [0.15, 0.2) is 0 Å². The van der Waals surface area contributed by atoms with Gasteiger partial charge in [0.2, 0.25) is 0 Å². The zero-order valence-electron chi connectivity index (χ0n) is 12.5. The molecule has 2 saturated heterocycles. The number of methoxy groups -OCH3 is 1. The smallest absolute Gasteiger partial charge is 0.135 e. The zero-order valence-corrected chi connectivity index (χ0v) is 15.7. The number of rotatable bonds is 4. The van der Waals surface area contributed by atoms with Crippen LogP contribution in [0.1, 0.15) is 32.6 Å². The topological polar surface area (TPSA) is 24.5 Å². The van der Waals surface area contributed by atoms with Crippen LogP contribution in [0.25, 0.3) is 0 Å². The maximum atomic E-state index is 5.48. The largest absolute Gasteiger partial charge is 0.495 e. The Morgan fingerprint density at radius 3 is 2.43 bits per heavy atom. The molecule has 1 N–H and O–H groups in total. The van der Waals surface area contributed by atoms with Gasteiger partial charge in [0.1, 0.15) is 5.75 Å². The van der Waals surface area contributed by atoms with Gasteiger partial charge < -0.3 is 15.0 Å². The predicted molar refractivity (Wildman–Crippen MR) is 94.4 cm³/mol. The van der Waals surface area contributed by atoms with Gasteiger partial charge in [-0.3, -0.25) is 0 Å². The lowest BCUT2D eigenvalue weighted by Crippen LogP contribution is -2.49. The third-order valence-corrected chi connectivity index (χ3v) is 5.98. The summed E-state index contributed by atoms with van der Waals surface area (Å²) in [6.45, 7) is 3.27. The summed E-state index contributed by atoms with van der Waals surface area (Å²) in [6, 6.07) is 6.24. The fourth-order valence-corrected chi connectivity index (χ4v) is 5.26. The van der Waals surface area contributed by atoms with Crippen molar-refractivity contribution in [2.45, 2.75) is 50.7 Å². The lowest BCUT2D eigenvalue weighted by molar-refractivity contribution is 0.360. The van der Waals surface area contributed by atoms with E-state index in [2.05, 4.69) is 61.1 Å². The third-order valence-electron chi connectivity index (χ3n) is 4.73. The van der Waals surface area contributed by atoms with Crippen LogP contribution >= 0.6 is 31.9 Å². The molecule has 2 bridgehead atoms. The lowest BCUT2D eigenvalue weighted by Gasteiger charge is -2.41. The van der Waals surface area contributed by atoms with Crippen molar-refractivity contribution in [3.8, 4) is 5.75 Å². The Morgan fingerprint density at radius 1 is 1.19 bits per heavy atom. The normalized spacial score (nSPS) is 28.0. The van der Waals surface area contributed by atoms with Gasteiger partial charge in [-0.25, -0.2) is 0 Å². The number of nitrogens with zero attached hydrogens (tertiary/aromatic N) is 1. The number of benzene rings is 1. The number of hydrogen-bond donors (Lipinski definition) is 1. The number of ether oxygens (including phenoxy) is 1. The highest BCUT2D eigenvalue weighted by atomic mass is 79.9. The molecule has 2 aliphatic heterocycles. The molecule has 5 heteroatoms. The molecule has 2 unspecified atom stereocenters. The van der Waals surface area contributed by atoms with Crippen molar-refractivity contribution < 1.29 is 4.74 Å². The van der Waals surface area contributed by atoms with Crippen molar-refractivity contribution in [1.82, 2.24) is 5.32 Å². The molecular weight excluding hydrogens is 396 g/mol. The second kappa shape index (κ2) is 6.47. The molecule has 1 aromatic carbocycles. The first-order valence-electron chi connectivity index (χ1n) is 7.68. The molecule has 0 saturated carbocycles. The number of halogens is 2.